The molecule has 2 nitrogen and oxygen atoms in total. The molecule has 114 valence electrons. The second-order valence-electron chi connectivity index (χ2n) is 5.30. The first-order valence-electron chi connectivity index (χ1n) is 7.89. The Labute approximate surface area is 133 Å². The summed E-state index contributed by atoms with van der Waals surface area (Å²) < 4.78 is 1.16. The van der Waals surface area contributed by atoms with Crippen molar-refractivity contribution in [3.63, 3.8) is 0 Å². The summed E-state index contributed by atoms with van der Waals surface area (Å²) in [5, 5.41) is 3.70. The van der Waals surface area contributed by atoms with Crippen molar-refractivity contribution in [1.82, 2.24) is 10.2 Å². The fraction of sp³-hybridized carbons (Fsp3) is 0.647. The molecule has 0 heterocycles. The van der Waals surface area contributed by atoms with Crippen molar-refractivity contribution in [2.75, 3.05) is 26.2 Å². The number of rotatable bonds is 10. The minimum Gasteiger partial charge on any atom is -0.314 e. The van der Waals surface area contributed by atoms with Gasteiger partial charge in [-0.05, 0) is 63.1 Å². The third kappa shape index (κ3) is 6.87. The SMILES string of the molecule is CCCNC(CCN(CC)CC)Cc1ccc(Br)cc1. The standard InChI is InChI=1S/C17H29BrN2/c1-4-12-19-17(11-13-20(5-2)6-3)14-15-7-9-16(18)10-8-15/h7-10,17,19H,4-6,11-14H2,1-3H3. The molecule has 0 aliphatic carbocycles. The van der Waals surface area contributed by atoms with Gasteiger partial charge in [0.05, 0.1) is 0 Å². The molecular weight excluding hydrogens is 312 g/mol. The molecule has 0 amide bonds. The van der Waals surface area contributed by atoms with Crippen LogP contribution in [0.5, 0.6) is 0 Å². The molecule has 0 aromatic heterocycles. The highest BCUT2D eigenvalue weighted by Gasteiger charge is 2.10. The van der Waals surface area contributed by atoms with E-state index in [0.29, 0.717) is 6.04 Å². The van der Waals surface area contributed by atoms with Crippen molar-refractivity contribution in [3.05, 3.63) is 34.3 Å². The molecule has 20 heavy (non-hydrogen) atoms. The second-order valence-corrected chi connectivity index (χ2v) is 6.21. The topological polar surface area (TPSA) is 15.3 Å². The van der Waals surface area contributed by atoms with E-state index in [1.54, 1.807) is 0 Å². The normalized spacial score (nSPS) is 12.8. The van der Waals surface area contributed by atoms with Crippen LogP contribution in [0, 0.1) is 0 Å². The summed E-state index contributed by atoms with van der Waals surface area (Å²) in [6, 6.07) is 9.30. The Hall–Kier alpha value is -0.380. The molecule has 0 bridgehead atoms. The lowest BCUT2D eigenvalue weighted by Gasteiger charge is -2.24. The van der Waals surface area contributed by atoms with Gasteiger partial charge in [0.2, 0.25) is 0 Å². The van der Waals surface area contributed by atoms with Crippen LogP contribution in [0.25, 0.3) is 0 Å². The van der Waals surface area contributed by atoms with Crippen LogP contribution >= 0.6 is 15.9 Å². The Bertz CT molecular complexity index is 347. The Morgan fingerprint density at radius 2 is 1.75 bits per heavy atom. The molecule has 1 aromatic rings. The predicted octanol–water partition coefficient (Wildman–Crippen LogP) is 4.09. The molecule has 1 N–H and O–H groups in total. The lowest BCUT2D eigenvalue weighted by molar-refractivity contribution is 0.280. The first kappa shape index (κ1) is 17.7. The summed E-state index contributed by atoms with van der Waals surface area (Å²) in [5.41, 5.74) is 1.42. The van der Waals surface area contributed by atoms with Crippen molar-refractivity contribution < 1.29 is 0 Å². The smallest absolute Gasteiger partial charge is 0.0175 e. The largest absolute Gasteiger partial charge is 0.314 e. The van der Waals surface area contributed by atoms with E-state index < -0.39 is 0 Å². The molecule has 0 fully saturated rings. The van der Waals surface area contributed by atoms with Gasteiger partial charge in [0.1, 0.15) is 0 Å². The summed E-state index contributed by atoms with van der Waals surface area (Å²) in [7, 11) is 0. The van der Waals surface area contributed by atoms with E-state index in [4.69, 9.17) is 0 Å². The quantitative estimate of drug-likeness (QED) is 0.689. The Balaban J connectivity index is 2.52. The monoisotopic (exact) mass is 340 g/mol. The summed E-state index contributed by atoms with van der Waals surface area (Å²) in [4.78, 5) is 2.50. The second kappa shape index (κ2) is 10.4. The van der Waals surface area contributed by atoms with Crippen molar-refractivity contribution in [1.29, 1.82) is 0 Å². The van der Waals surface area contributed by atoms with Gasteiger partial charge in [-0.15, -0.1) is 0 Å². The lowest BCUT2D eigenvalue weighted by atomic mass is 10.0. The summed E-state index contributed by atoms with van der Waals surface area (Å²) >= 11 is 3.50. The van der Waals surface area contributed by atoms with E-state index >= 15 is 0 Å². The number of nitrogens with one attached hydrogen (secondary N) is 1. The van der Waals surface area contributed by atoms with E-state index in [9.17, 15) is 0 Å². The van der Waals surface area contributed by atoms with Crippen LogP contribution in [0.15, 0.2) is 28.7 Å². The van der Waals surface area contributed by atoms with Gasteiger partial charge in [-0.25, -0.2) is 0 Å². The van der Waals surface area contributed by atoms with Crippen molar-refractivity contribution in [3.8, 4) is 0 Å². The molecule has 0 aliphatic rings. The van der Waals surface area contributed by atoms with Gasteiger partial charge in [0.15, 0.2) is 0 Å². The van der Waals surface area contributed by atoms with Crippen molar-refractivity contribution in [2.24, 2.45) is 0 Å². The highest BCUT2D eigenvalue weighted by atomic mass is 79.9. The van der Waals surface area contributed by atoms with E-state index in [2.05, 4.69) is 71.2 Å². The van der Waals surface area contributed by atoms with Crippen molar-refractivity contribution in [2.45, 2.75) is 46.1 Å². The summed E-state index contributed by atoms with van der Waals surface area (Å²) in [6.07, 6.45) is 3.54. The van der Waals surface area contributed by atoms with Gasteiger partial charge in [-0.1, -0.05) is 48.8 Å². The van der Waals surface area contributed by atoms with Crippen LogP contribution in [0.4, 0.5) is 0 Å². The summed E-state index contributed by atoms with van der Waals surface area (Å²) in [6.45, 7) is 11.3. The third-order valence-electron chi connectivity index (χ3n) is 3.77. The van der Waals surface area contributed by atoms with Gasteiger partial charge in [0.25, 0.3) is 0 Å². The molecule has 0 spiro atoms. The van der Waals surface area contributed by atoms with Crippen LogP contribution in [0.1, 0.15) is 39.2 Å². The number of nitrogens with zero attached hydrogens (tertiary/aromatic N) is 1. The van der Waals surface area contributed by atoms with E-state index in [-0.39, 0.29) is 0 Å². The lowest BCUT2D eigenvalue weighted by Crippen LogP contribution is -2.36. The highest BCUT2D eigenvalue weighted by molar-refractivity contribution is 9.10. The van der Waals surface area contributed by atoms with Crippen LogP contribution in [-0.2, 0) is 6.42 Å². The fourth-order valence-electron chi connectivity index (χ4n) is 2.41. The first-order chi connectivity index (χ1) is 9.69. The van der Waals surface area contributed by atoms with Gasteiger partial charge in [-0.2, -0.15) is 0 Å². The Morgan fingerprint density at radius 1 is 1.10 bits per heavy atom. The maximum atomic E-state index is 3.70. The molecule has 0 aliphatic heterocycles. The molecule has 1 rings (SSSR count). The van der Waals surface area contributed by atoms with Gasteiger partial charge in [0, 0.05) is 10.5 Å². The number of hydrogen-bond donors (Lipinski definition) is 1. The van der Waals surface area contributed by atoms with Gasteiger partial charge < -0.3 is 10.2 Å². The molecule has 1 aromatic carbocycles. The average molecular weight is 341 g/mol. The molecule has 3 heteroatoms. The van der Waals surface area contributed by atoms with E-state index in [1.165, 1.54) is 24.9 Å². The minimum atomic E-state index is 0.580. The van der Waals surface area contributed by atoms with E-state index in [1.807, 2.05) is 0 Å². The Morgan fingerprint density at radius 3 is 2.30 bits per heavy atom. The van der Waals surface area contributed by atoms with Crippen LogP contribution in [-0.4, -0.2) is 37.1 Å². The van der Waals surface area contributed by atoms with Crippen LogP contribution < -0.4 is 5.32 Å². The maximum absolute atomic E-state index is 3.70. The zero-order valence-electron chi connectivity index (χ0n) is 13.2. The fourth-order valence-corrected chi connectivity index (χ4v) is 2.67. The van der Waals surface area contributed by atoms with Gasteiger partial charge in [-0.3, -0.25) is 0 Å². The molecule has 1 unspecified atom stereocenters. The third-order valence-corrected chi connectivity index (χ3v) is 4.30. The van der Waals surface area contributed by atoms with Crippen LogP contribution in [0.2, 0.25) is 0 Å². The molecule has 0 radical (unpaired) electrons. The highest BCUT2D eigenvalue weighted by Crippen LogP contribution is 2.13. The van der Waals surface area contributed by atoms with Gasteiger partial charge >= 0.3 is 0 Å². The maximum Gasteiger partial charge on any atom is 0.0175 e. The van der Waals surface area contributed by atoms with Crippen LogP contribution in [0.3, 0.4) is 0 Å². The predicted molar refractivity (Wildman–Crippen MR) is 92.3 cm³/mol. The number of hydrogen-bond acceptors (Lipinski definition) is 2. The molecule has 1 atom stereocenters. The zero-order chi connectivity index (χ0) is 14.8. The zero-order valence-corrected chi connectivity index (χ0v) is 14.7. The average Bonchev–Trinajstić information content (AvgIpc) is 2.47. The molecule has 0 saturated heterocycles. The van der Waals surface area contributed by atoms with E-state index in [0.717, 1.165) is 30.5 Å². The molecule has 0 saturated carbocycles. The first-order valence-corrected chi connectivity index (χ1v) is 8.69. The minimum absolute atomic E-state index is 0.580. The molecular formula is C17H29BrN2. The Kier molecular flexibility index (Phi) is 9.16. The number of benzene rings is 1. The van der Waals surface area contributed by atoms with Crippen molar-refractivity contribution >= 4 is 15.9 Å². The summed E-state index contributed by atoms with van der Waals surface area (Å²) in [5.74, 6) is 0. The number of halogens is 1.